The van der Waals surface area contributed by atoms with Gasteiger partial charge < -0.3 is 15.3 Å². The third-order valence-corrected chi connectivity index (χ3v) is 3.53. The van der Waals surface area contributed by atoms with Gasteiger partial charge in [0.25, 0.3) is 5.91 Å². The van der Waals surface area contributed by atoms with Gasteiger partial charge in [0.05, 0.1) is 6.61 Å². The molecule has 2 N–H and O–H groups in total. The van der Waals surface area contributed by atoms with Crippen LogP contribution in [0.15, 0.2) is 12.1 Å². The Morgan fingerprint density at radius 2 is 2.05 bits per heavy atom. The van der Waals surface area contributed by atoms with E-state index in [1.165, 1.54) is 0 Å². The smallest absolute Gasteiger partial charge is 0.254 e. The lowest BCUT2D eigenvalue weighted by atomic mass is 10.1. The van der Waals surface area contributed by atoms with Crippen molar-refractivity contribution in [2.75, 3.05) is 51.7 Å². The van der Waals surface area contributed by atoms with Crippen LogP contribution in [0.2, 0.25) is 0 Å². The van der Waals surface area contributed by atoms with E-state index in [2.05, 4.69) is 15.2 Å². The summed E-state index contributed by atoms with van der Waals surface area (Å²) in [4.78, 5) is 20.8. The van der Waals surface area contributed by atoms with Gasteiger partial charge in [-0.15, -0.1) is 0 Å². The number of hydrogen-bond acceptors (Lipinski definition) is 5. The van der Waals surface area contributed by atoms with Crippen LogP contribution in [-0.4, -0.2) is 72.2 Å². The summed E-state index contributed by atoms with van der Waals surface area (Å²) in [7, 11) is 1.80. The number of anilines is 1. The fourth-order valence-electron chi connectivity index (χ4n) is 2.42. The molecule has 2 rings (SSSR count). The van der Waals surface area contributed by atoms with E-state index in [1.807, 2.05) is 17.9 Å². The van der Waals surface area contributed by atoms with Gasteiger partial charge in [0.2, 0.25) is 0 Å². The first-order valence-electron chi connectivity index (χ1n) is 6.93. The molecule has 0 radical (unpaired) electrons. The van der Waals surface area contributed by atoms with Crippen molar-refractivity contribution in [3.05, 3.63) is 23.4 Å². The van der Waals surface area contributed by atoms with Gasteiger partial charge >= 0.3 is 0 Å². The van der Waals surface area contributed by atoms with Gasteiger partial charge in [0, 0.05) is 51.0 Å². The average molecular weight is 278 g/mol. The lowest BCUT2D eigenvalue weighted by Crippen LogP contribution is -2.49. The molecular formula is C14H22N4O2. The molecule has 1 aliphatic heterocycles. The van der Waals surface area contributed by atoms with E-state index in [0.29, 0.717) is 31.0 Å². The zero-order valence-corrected chi connectivity index (χ0v) is 12.1. The summed E-state index contributed by atoms with van der Waals surface area (Å²) in [6, 6.07) is 3.61. The number of hydrogen-bond donors (Lipinski definition) is 2. The van der Waals surface area contributed by atoms with E-state index in [-0.39, 0.29) is 12.5 Å². The Bertz CT molecular complexity index is 470. The summed E-state index contributed by atoms with van der Waals surface area (Å²) in [5, 5.41) is 11.9. The maximum atomic E-state index is 12.5. The minimum absolute atomic E-state index is 0.0515. The molecule has 20 heavy (non-hydrogen) atoms. The Kier molecular flexibility index (Phi) is 4.92. The highest BCUT2D eigenvalue weighted by atomic mass is 16.3. The van der Waals surface area contributed by atoms with Crippen molar-refractivity contribution in [1.29, 1.82) is 0 Å². The molecule has 0 atom stereocenters. The third kappa shape index (κ3) is 3.46. The molecule has 1 aromatic heterocycles. The van der Waals surface area contributed by atoms with E-state index < -0.39 is 0 Å². The number of aryl methyl sites for hydroxylation is 1. The Morgan fingerprint density at radius 3 is 2.65 bits per heavy atom. The first-order chi connectivity index (χ1) is 9.63. The van der Waals surface area contributed by atoms with Crippen molar-refractivity contribution < 1.29 is 9.90 Å². The minimum Gasteiger partial charge on any atom is -0.395 e. The molecule has 1 aliphatic rings. The fourth-order valence-corrected chi connectivity index (χ4v) is 2.42. The average Bonchev–Trinajstić information content (AvgIpc) is 2.47. The van der Waals surface area contributed by atoms with Gasteiger partial charge in [-0.3, -0.25) is 9.69 Å². The molecule has 6 nitrogen and oxygen atoms in total. The number of aliphatic hydroxyl groups excluding tert-OH is 1. The van der Waals surface area contributed by atoms with Crippen LogP contribution in [0, 0.1) is 6.92 Å². The van der Waals surface area contributed by atoms with Crippen molar-refractivity contribution in [3.8, 4) is 0 Å². The van der Waals surface area contributed by atoms with Crippen LogP contribution in [-0.2, 0) is 0 Å². The molecule has 2 heterocycles. The van der Waals surface area contributed by atoms with Crippen LogP contribution in [0.3, 0.4) is 0 Å². The quantitative estimate of drug-likeness (QED) is 0.822. The number of β-amino-alcohol motifs (C(OH)–C–C–N with tert-alkyl or cyclic N) is 1. The molecule has 0 aliphatic carbocycles. The Hall–Kier alpha value is -1.66. The number of carbonyl (C=O) groups is 1. The SMILES string of the molecule is CNc1cc(C(=O)N2CCN(CCO)CC2)cc(C)n1. The van der Waals surface area contributed by atoms with E-state index in [9.17, 15) is 4.79 Å². The molecule has 1 amide bonds. The predicted octanol–water partition coefficient (Wildman–Crippen LogP) is 0.182. The van der Waals surface area contributed by atoms with Crippen LogP contribution in [0.4, 0.5) is 5.82 Å². The van der Waals surface area contributed by atoms with Crippen molar-refractivity contribution in [1.82, 2.24) is 14.8 Å². The van der Waals surface area contributed by atoms with E-state index in [0.717, 1.165) is 18.8 Å². The summed E-state index contributed by atoms with van der Waals surface area (Å²) < 4.78 is 0. The van der Waals surface area contributed by atoms with Gasteiger partial charge in [-0.25, -0.2) is 4.98 Å². The number of amides is 1. The number of aliphatic hydroxyl groups is 1. The molecule has 0 aromatic carbocycles. The summed E-state index contributed by atoms with van der Waals surface area (Å²) in [5.41, 5.74) is 1.51. The topological polar surface area (TPSA) is 68.7 Å². The van der Waals surface area contributed by atoms with Crippen molar-refractivity contribution in [2.45, 2.75) is 6.92 Å². The molecular weight excluding hydrogens is 256 g/mol. The molecule has 1 aromatic rings. The Balaban J connectivity index is 2.03. The van der Waals surface area contributed by atoms with Gasteiger partial charge in [-0.1, -0.05) is 0 Å². The van der Waals surface area contributed by atoms with Crippen molar-refractivity contribution in [2.24, 2.45) is 0 Å². The normalized spacial score (nSPS) is 16.2. The molecule has 1 fully saturated rings. The molecule has 0 unspecified atom stereocenters. The fraction of sp³-hybridized carbons (Fsp3) is 0.571. The van der Waals surface area contributed by atoms with Crippen molar-refractivity contribution >= 4 is 11.7 Å². The summed E-state index contributed by atoms with van der Waals surface area (Å²) >= 11 is 0. The van der Waals surface area contributed by atoms with Gasteiger partial charge in [0.15, 0.2) is 0 Å². The lowest BCUT2D eigenvalue weighted by molar-refractivity contribution is 0.0615. The number of nitrogens with zero attached hydrogens (tertiary/aromatic N) is 3. The standard InChI is InChI=1S/C14H22N4O2/c1-11-9-12(10-13(15-2)16-11)14(20)18-5-3-17(4-6-18)7-8-19/h9-10,19H,3-8H2,1-2H3,(H,15,16). The second kappa shape index (κ2) is 6.67. The van der Waals surface area contributed by atoms with Crippen molar-refractivity contribution in [3.63, 3.8) is 0 Å². The highest BCUT2D eigenvalue weighted by molar-refractivity contribution is 5.95. The summed E-state index contributed by atoms with van der Waals surface area (Å²) in [6.45, 7) is 5.77. The molecule has 6 heteroatoms. The second-order valence-electron chi connectivity index (χ2n) is 4.99. The summed E-state index contributed by atoms with van der Waals surface area (Å²) in [6.07, 6.45) is 0. The number of carbonyl (C=O) groups excluding carboxylic acids is 1. The van der Waals surface area contributed by atoms with E-state index in [4.69, 9.17) is 5.11 Å². The van der Waals surface area contributed by atoms with Crippen LogP contribution in [0.1, 0.15) is 16.1 Å². The monoisotopic (exact) mass is 278 g/mol. The second-order valence-corrected chi connectivity index (χ2v) is 4.99. The van der Waals surface area contributed by atoms with Crippen LogP contribution in [0.5, 0.6) is 0 Å². The molecule has 1 saturated heterocycles. The van der Waals surface area contributed by atoms with E-state index >= 15 is 0 Å². The predicted molar refractivity (Wildman–Crippen MR) is 78.0 cm³/mol. The van der Waals surface area contributed by atoms with Crippen LogP contribution in [0.25, 0.3) is 0 Å². The van der Waals surface area contributed by atoms with Crippen LogP contribution >= 0.6 is 0 Å². The number of nitrogens with one attached hydrogen (secondary N) is 1. The zero-order chi connectivity index (χ0) is 14.5. The minimum atomic E-state index is 0.0515. The molecule has 110 valence electrons. The highest BCUT2D eigenvalue weighted by Crippen LogP contribution is 2.13. The molecule has 0 bridgehead atoms. The third-order valence-electron chi connectivity index (χ3n) is 3.53. The largest absolute Gasteiger partial charge is 0.395 e. The van der Waals surface area contributed by atoms with Crippen LogP contribution < -0.4 is 5.32 Å². The number of aromatic nitrogens is 1. The lowest BCUT2D eigenvalue weighted by Gasteiger charge is -2.34. The number of piperazine rings is 1. The van der Waals surface area contributed by atoms with Gasteiger partial charge in [0.1, 0.15) is 5.82 Å². The Labute approximate surface area is 119 Å². The zero-order valence-electron chi connectivity index (χ0n) is 12.1. The molecule has 0 spiro atoms. The first-order valence-corrected chi connectivity index (χ1v) is 6.93. The maximum absolute atomic E-state index is 12.5. The number of rotatable bonds is 4. The molecule has 0 saturated carbocycles. The first kappa shape index (κ1) is 14.7. The van der Waals surface area contributed by atoms with Gasteiger partial charge in [-0.2, -0.15) is 0 Å². The maximum Gasteiger partial charge on any atom is 0.254 e. The highest BCUT2D eigenvalue weighted by Gasteiger charge is 2.22. The Morgan fingerprint density at radius 1 is 1.35 bits per heavy atom. The number of pyridine rings is 1. The van der Waals surface area contributed by atoms with Gasteiger partial charge in [-0.05, 0) is 19.1 Å². The summed E-state index contributed by atoms with van der Waals surface area (Å²) in [5.74, 6) is 0.767. The van der Waals surface area contributed by atoms with E-state index in [1.54, 1.807) is 13.1 Å².